The molecule has 0 saturated heterocycles. The second kappa shape index (κ2) is 5.66. The van der Waals surface area contributed by atoms with E-state index < -0.39 is 23.3 Å². The van der Waals surface area contributed by atoms with E-state index in [9.17, 15) is 13.6 Å². The van der Waals surface area contributed by atoms with Crippen molar-refractivity contribution in [3.8, 4) is 6.07 Å². The number of carbonyl (C=O) groups is 1. The molecule has 0 N–H and O–H groups in total. The SMILES string of the molecule is CCc1occc1C(=O)C(C#N)c1cc(F)cc(F)c1. The summed E-state index contributed by atoms with van der Waals surface area (Å²) in [5, 5.41) is 9.15. The number of rotatable bonds is 4. The van der Waals surface area contributed by atoms with Crippen molar-refractivity contribution in [2.45, 2.75) is 19.3 Å². The van der Waals surface area contributed by atoms with Crippen LogP contribution in [-0.4, -0.2) is 5.78 Å². The van der Waals surface area contributed by atoms with Crippen LogP contribution in [0.2, 0.25) is 0 Å². The second-order valence-electron chi connectivity index (χ2n) is 4.24. The Morgan fingerprint density at radius 2 is 2.00 bits per heavy atom. The average molecular weight is 275 g/mol. The smallest absolute Gasteiger partial charge is 0.187 e. The minimum absolute atomic E-state index is 0.00162. The van der Waals surface area contributed by atoms with Gasteiger partial charge in [0.25, 0.3) is 0 Å². The van der Waals surface area contributed by atoms with E-state index in [0.29, 0.717) is 18.2 Å². The van der Waals surface area contributed by atoms with Crippen LogP contribution in [0.15, 0.2) is 34.9 Å². The molecule has 102 valence electrons. The van der Waals surface area contributed by atoms with Crippen molar-refractivity contribution in [3.05, 3.63) is 59.1 Å². The van der Waals surface area contributed by atoms with Crippen molar-refractivity contribution in [2.75, 3.05) is 0 Å². The number of Topliss-reactive ketones (excluding diaryl/α,β-unsaturated/α-hetero) is 1. The molecule has 5 heteroatoms. The highest BCUT2D eigenvalue weighted by Gasteiger charge is 2.26. The van der Waals surface area contributed by atoms with Crippen LogP contribution in [0, 0.1) is 23.0 Å². The van der Waals surface area contributed by atoms with Gasteiger partial charge in [-0.3, -0.25) is 4.79 Å². The topological polar surface area (TPSA) is 54.0 Å². The molecule has 2 rings (SSSR count). The molecular formula is C15H11F2NO2. The van der Waals surface area contributed by atoms with Gasteiger partial charge in [-0.05, 0) is 23.8 Å². The van der Waals surface area contributed by atoms with Gasteiger partial charge in [-0.25, -0.2) is 8.78 Å². The predicted molar refractivity (Wildman–Crippen MR) is 67.1 cm³/mol. The van der Waals surface area contributed by atoms with Gasteiger partial charge in [0.15, 0.2) is 5.78 Å². The number of ketones is 1. The highest BCUT2D eigenvalue weighted by atomic mass is 19.1. The Morgan fingerprint density at radius 1 is 1.35 bits per heavy atom. The zero-order chi connectivity index (χ0) is 14.7. The summed E-state index contributed by atoms with van der Waals surface area (Å²) in [4.78, 5) is 12.3. The summed E-state index contributed by atoms with van der Waals surface area (Å²) < 4.78 is 31.5. The Morgan fingerprint density at radius 3 is 2.55 bits per heavy atom. The number of benzene rings is 1. The van der Waals surface area contributed by atoms with Crippen LogP contribution in [0.1, 0.15) is 34.5 Å². The first-order valence-electron chi connectivity index (χ1n) is 6.03. The van der Waals surface area contributed by atoms with E-state index >= 15 is 0 Å². The number of hydrogen-bond donors (Lipinski definition) is 0. The third kappa shape index (κ3) is 2.59. The summed E-state index contributed by atoms with van der Waals surface area (Å²) >= 11 is 0. The molecule has 0 fully saturated rings. The minimum Gasteiger partial charge on any atom is -0.469 e. The number of aryl methyl sites for hydroxylation is 1. The van der Waals surface area contributed by atoms with Crippen LogP contribution < -0.4 is 0 Å². The maximum Gasteiger partial charge on any atom is 0.187 e. The lowest BCUT2D eigenvalue weighted by molar-refractivity contribution is 0.0977. The number of halogens is 2. The third-order valence-electron chi connectivity index (χ3n) is 2.94. The molecule has 0 amide bonds. The molecule has 1 heterocycles. The van der Waals surface area contributed by atoms with Crippen molar-refractivity contribution in [1.29, 1.82) is 5.26 Å². The number of nitriles is 1. The van der Waals surface area contributed by atoms with Crippen LogP contribution in [0.25, 0.3) is 0 Å². The van der Waals surface area contributed by atoms with Crippen LogP contribution in [0.4, 0.5) is 8.78 Å². The molecule has 0 aliphatic heterocycles. The summed E-state index contributed by atoms with van der Waals surface area (Å²) in [7, 11) is 0. The Kier molecular flexibility index (Phi) is 3.94. The van der Waals surface area contributed by atoms with Crippen LogP contribution >= 0.6 is 0 Å². The van der Waals surface area contributed by atoms with Crippen molar-refractivity contribution in [3.63, 3.8) is 0 Å². The van der Waals surface area contributed by atoms with E-state index in [1.165, 1.54) is 12.3 Å². The lowest BCUT2D eigenvalue weighted by Gasteiger charge is -2.08. The van der Waals surface area contributed by atoms with E-state index in [2.05, 4.69) is 0 Å². The Balaban J connectivity index is 2.43. The predicted octanol–water partition coefficient (Wildman–Crippen LogP) is 3.61. The lowest BCUT2D eigenvalue weighted by atomic mass is 9.91. The zero-order valence-electron chi connectivity index (χ0n) is 10.7. The molecule has 0 radical (unpaired) electrons. The van der Waals surface area contributed by atoms with Crippen LogP contribution in [-0.2, 0) is 6.42 Å². The first-order chi connectivity index (χ1) is 9.56. The van der Waals surface area contributed by atoms with Gasteiger partial charge in [0, 0.05) is 12.5 Å². The first-order valence-corrected chi connectivity index (χ1v) is 6.03. The fraction of sp³-hybridized carbons (Fsp3) is 0.200. The minimum atomic E-state index is -1.26. The maximum absolute atomic E-state index is 13.2. The molecule has 1 unspecified atom stereocenters. The molecule has 0 aliphatic rings. The lowest BCUT2D eigenvalue weighted by Crippen LogP contribution is -2.12. The van der Waals surface area contributed by atoms with Gasteiger partial charge in [0.05, 0.1) is 17.9 Å². The molecule has 1 aromatic heterocycles. The Hall–Kier alpha value is -2.48. The molecule has 1 aromatic carbocycles. The molecule has 3 nitrogen and oxygen atoms in total. The van der Waals surface area contributed by atoms with Gasteiger partial charge in [0.1, 0.15) is 23.3 Å². The molecule has 1 atom stereocenters. The zero-order valence-corrected chi connectivity index (χ0v) is 10.7. The molecule has 20 heavy (non-hydrogen) atoms. The van der Waals surface area contributed by atoms with E-state index in [1.54, 1.807) is 13.0 Å². The van der Waals surface area contributed by atoms with Crippen molar-refractivity contribution < 1.29 is 18.0 Å². The number of furan rings is 1. The summed E-state index contributed by atoms with van der Waals surface area (Å²) in [5.74, 6) is -2.98. The molecular weight excluding hydrogens is 264 g/mol. The Bertz CT molecular complexity index is 665. The van der Waals surface area contributed by atoms with Crippen LogP contribution in [0.5, 0.6) is 0 Å². The second-order valence-corrected chi connectivity index (χ2v) is 4.24. The van der Waals surface area contributed by atoms with Gasteiger partial charge in [0.2, 0.25) is 0 Å². The average Bonchev–Trinajstić information content (AvgIpc) is 2.86. The van der Waals surface area contributed by atoms with E-state index in [1.807, 2.05) is 0 Å². The number of hydrogen-bond acceptors (Lipinski definition) is 3. The highest BCUT2D eigenvalue weighted by molar-refractivity contribution is 6.03. The van der Waals surface area contributed by atoms with Gasteiger partial charge >= 0.3 is 0 Å². The van der Waals surface area contributed by atoms with Crippen molar-refractivity contribution >= 4 is 5.78 Å². The van der Waals surface area contributed by atoms with E-state index in [4.69, 9.17) is 9.68 Å². The van der Waals surface area contributed by atoms with Gasteiger partial charge in [-0.2, -0.15) is 5.26 Å². The Labute approximate surface area is 114 Å². The fourth-order valence-electron chi connectivity index (χ4n) is 2.02. The van der Waals surface area contributed by atoms with Crippen molar-refractivity contribution in [2.24, 2.45) is 0 Å². The van der Waals surface area contributed by atoms with Crippen molar-refractivity contribution in [1.82, 2.24) is 0 Å². The quantitative estimate of drug-likeness (QED) is 0.801. The largest absolute Gasteiger partial charge is 0.469 e. The normalized spacial score (nSPS) is 11.9. The fourth-order valence-corrected chi connectivity index (χ4v) is 2.02. The van der Waals surface area contributed by atoms with Gasteiger partial charge in [-0.15, -0.1) is 0 Å². The molecule has 0 saturated carbocycles. The standard InChI is InChI=1S/C15H11F2NO2/c1-2-14-12(3-4-20-14)15(19)13(8-18)9-5-10(16)7-11(17)6-9/h3-7,13H,2H2,1H3. The van der Waals surface area contributed by atoms with E-state index in [0.717, 1.165) is 12.1 Å². The molecule has 2 aromatic rings. The summed E-state index contributed by atoms with van der Waals surface area (Å²) in [6.45, 7) is 1.80. The van der Waals surface area contributed by atoms with Gasteiger partial charge < -0.3 is 4.42 Å². The monoisotopic (exact) mass is 275 g/mol. The summed E-state index contributed by atoms with van der Waals surface area (Å²) in [6.07, 6.45) is 1.84. The summed E-state index contributed by atoms with van der Waals surface area (Å²) in [6, 6.07) is 5.91. The first kappa shape index (κ1) is 13.9. The molecule has 0 aliphatic carbocycles. The van der Waals surface area contributed by atoms with Gasteiger partial charge in [-0.1, -0.05) is 6.92 Å². The molecule has 0 bridgehead atoms. The van der Waals surface area contributed by atoms with Crippen LogP contribution in [0.3, 0.4) is 0 Å². The van der Waals surface area contributed by atoms with E-state index in [-0.39, 0.29) is 11.1 Å². The highest BCUT2D eigenvalue weighted by Crippen LogP contribution is 2.24. The maximum atomic E-state index is 13.2. The number of carbonyl (C=O) groups excluding carboxylic acids is 1. The summed E-state index contributed by atoms with van der Waals surface area (Å²) in [5.41, 5.74) is 0.266. The molecule has 0 spiro atoms. The third-order valence-corrected chi connectivity index (χ3v) is 2.94. The number of nitrogens with zero attached hydrogens (tertiary/aromatic N) is 1.